The average molecular weight is 417 g/mol. The number of carbonyl (C=O) groups excluding carboxylic acids is 1. The molecule has 1 aromatic carbocycles. The Morgan fingerprint density at radius 1 is 1.30 bits per heavy atom. The van der Waals surface area contributed by atoms with Crippen molar-refractivity contribution in [1.82, 2.24) is 10.3 Å². The molecule has 7 heteroatoms. The van der Waals surface area contributed by atoms with Crippen LogP contribution in [0, 0.1) is 5.92 Å². The number of nitrogens with zero attached hydrogens (tertiary/aromatic N) is 1. The molecule has 1 fully saturated rings. The average Bonchev–Trinajstić information content (AvgIpc) is 3.22. The van der Waals surface area contributed by atoms with Gasteiger partial charge in [0.25, 0.3) is 0 Å². The van der Waals surface area contributed by atoms with Crippen LogP contribution in [0.5, 0.6) is 0 Å². The summed E-state index contributed by atoms with van der Waals surface area (Å²) in [5.74, 6) is 0.760. The summed E-state index contributed by atoms with van der Waals surface area (Å²) < 4.78 is 1.08. The van der Waals surface area contributed by atoms with E-state index < -0.39 is 0 Å². The summed E-state index contributed by atoms with van der Waals surface area (Å²) in [6, 6.07) is 8.24. The van der Waals surface area contributed by atoms with Gasteiger partial charge in [-0.1, -0.05) is 28.1 Å². The van der Waals surface area contributed by atoms with E-state index in [1.807, 2.05) is 18.3 Å². The molecule has 2 aromatic rings. The lowest BCUT2D eigenvalue weighted by atomic mass is 10.1. The second-order valence-electron chi connectivity index (χ2n) is 5.56. The maximum Gasteiger partial charge on any atom is 0.240 e. The largest absolute Gasteiger partial charge is 0.308 e. The zero-order chi connectivity index (χ0) is 15.4. The van der Waals surface area contributed by atoms with Crippen LogP contribution in [-0.2, 0) is 11.2 Å². The van der Waals surface area contributed by atoms with Crippen LogP contribution < -0.4 is 10.6 Å². The Labute approximate surface area is 154 Å². The van der Waals surface area contributed by atoms with Crippen LogP contribution in [-0.4, -0.2) is 24.0 Å². The molecule has 1 heterocycles. The third kappa shape index (κ3) is 6.22. The molecule has 23 heavy (non-hydrogen) atoms. The molecule has 0 saturated heterocycles. The lowest BCUT2D eigenvalue weighted by Crippen LogP contribution is -2.29. The highest BCUT2D eigenvalue weighted by atomic mass is 79.9. The number of amides is 1. The fourth-order valence-corrected chi connectivity index (χ4v) is 3.25. The first-order valence-corrected chi connectivity index (χ1v) is 9.00. The second kappa shape index (κ2) is 8.78. The molecular weight excluding hydrogens is 398 g/mol. The molecule has 1 aliphatic carbocycles. The summed E-state index contributed by atoms with van der Waals surface area (Å²) in [5.41, 5.74) is 1.23. The van der Waals surface area contributed by atoms with Gasteiger partial charge in [0.05, 0.1) is 6.54 Å². The van der Waals surface area contributed by atoms with E-state index in [2.05, 4.69) is 43.7 Å². The number of hydrogen-bond acceptors (Lipinski definition) is 4. The maximum absolute atomic E-state index is 11.8. The van der Waals surface area contributed by atoms with Crippen molar-refractivity contribution in [3.05, 3.63) is 45.4 Å². The maximum atomic E-state index is 11.8. The van der Waals surface area contributed by atoms with E-state index in [-0.39, 0.29) is 18.3 Å². The van der Waals surface area contributed by atoms with E-state index in [1.165, 1.54) is 29.7 Å². The van der Waals surface area contributed by atoms with E-state index in [4.69, 9.17) is 0 Å². The molecule has 1 aromatic heterocycles. The van der Waals surface area contributed by atoms with E-state index in [9.17, 15) is 4.79 Å². The number of carbonyl (C=O) groups is 1. The zero-order valence-corrected chi connectivity index (χ0v) is 15.8. The van der Waals surface area contributed by atoms with Crippen molar-refractivity contribution >= 4 is 50.7 Å². The number of thiazole rings is 1. The molecule has 1 saturated carbocycles. The van der Waals surface area contributed by atoms with E-state index in [1.54, 1.807) is 0 Å². The minimum absolute atomic E-state index is 0. The second-order valence-corrected chi connectivity index (χ2v) is 7.59. The van der Waals surface area contributed by atoms with Gasteiger partial charge < -0.3 is 10.6 Å². The highest BCUT2D eigenvalue weighted by Gasteiger charge is 2.20. The molecule has 0 unspecified atom stereocenters. The predicted octanol–water partition coefficient (Wildman–Crippen LogP) is 3.86. The Bertz CT molecular complexity index is 643. The number of rotatable bonds is 7. The van der Waals surface area contributed by atoms with Gasteiger partial charge >= 0.3 is 0 Å². The van der Waals surface area contributed by atoms with Crippen LogP contribution in [0.25, 0.3) is 0 Å². The van der Waals surface area contributed by atoms with Gasteiger partial charge in [0.2, 0.25) is 5.91 Å². The van der Waals surface area contributed by atoms with E-state index in [0.29, 0.717) is 11.7 Å². The summed E-state index contributed by atoms with van der Waals surface area (Å²) in [5, 5.41) is 6.70. The van der Waals surface area contributed by atoms with Crippen molar-refractivity contribution in [3.63, 3.8) is 0 Å². The van der Waals surface area contributed by atoms with Crippen LogP contribution in [0.2, 0.25) is 0 Å². The Morgan fingerprint density at radius 3 is 2.74 bits per heavy atom. The first-order chi connectivity index (χ1) is 10.7. The Kier molecular flexibility index (Phi) is 7.02. The standard InChI is InChI=1S/C16H18BrN3OS.ClH/c17-13-5-3-11(4-6-13)7-14-9-19-16(22-14)20-15(21)10-18-8-12-1-2-12;/h3-6,9,12,18H,1-2,7-8,10H2,(H,19,20,21);1H. The normalized spacial score (nSPS) is 13.4. The quantitative estimate of drug-likeness (QED) is 0.720. The molecule has 0 radical (unpaired) electrons. The number of aromatic nitrogens is 1. The predicted molar refractivity (Wildman–Crippen MR) is 101 cm³/mol. The zero-order valence-electron chi connectivity index (χ0n) is 12.5. The first-order valence-electron chi connectivity index (χ1n) is 7.39. The van der Waals surface area contributed by atoms with Crippen molar-refractivity contribution in [3.8, 4) is 0 Å². The number of hydrogen-bond donors (Lipinski definition) is 2. The van der Waals surface area contributed by atoms with Gasteiger partial charge in [-0.25, -0.2) is 4.98 Å². The van der Waals surface area contributed by atoms with Crippen LogP contribution in [0.3, 0.4) is 0 Å². The summed E-state index contributed by atoms with van der Waals surface area (Å²) in [6.45, 7) is 1.30. The van der Waals surface area contributed by atoms with Gasteiger partial charge in [0, 0.05) is 22.0 Å². The van der Waals surface area contributed by atoms with E-state index >= 15 is 0 Å². The highest BCUT2D eigenvalue weighted by Crippen LogP contribution is 2.27. The first kappa shape index (κ1) is 18.4. The Morgan fingerprint density at radius 2 is 2.04 bits per heavy atom. The van der Waals surface area contributed by atoms with Crippen molar-refractivity contribution in [2.45, 2.75) is 19.3 Å². The molecular formula is C16H19BrClN3OS. The minimum Gasteiger partial charge on any atom is -0.308 e. The van der Waals surface area contributed by atoms with Gasteiger partial charge in [-0.15, -0.1) is 23.7 Å². The van der Waals surface area contributed by atoms with Gasteiger partial charge in [0.1, 0.15) is 0 Å². The highest BCUT2D eigenvalue weighted by molar-refractivity contribution is 9.10. The van der Waals surface area contributed by atoms with Crippen molar-refractivity contribution in [2.75, 3.05) is 18.4 Å². The molecule has 0 atom stereocenters. The molecule has 124 valence electrons. The molecule has 0 spiro atoms. The van der Waals surface area contributed by atoms with Crippen LogP contribution in [0.15, 0.2) is 34.9 Å². The third-order valence-corrected chi connectivity index (χ3v) is 4.95. The topological polar surface area (TPSA) is 54.0 Å². The van der Waals surface area contributed by atoms with Crippen molar-refractivity contribution < 1.29 is 4.79 Å². The lowest BCUT2D eigenvalue weighted by Gasteiger charge is -2.03. The molecule has 2 N–H and O–H groups in total. The number of anilines is 1. The summed E-state index contributed by atoms with van der Waals surface area (Å²) in [4.78, 5) is 17.2. The fourth-order valence-electron chi connectivity index (χ4n) is 2.13. The van der Waals surface area contributed by atoms with Gasteiger partial charge in [-0.05, 0) is 43.0 Å². The lowest BCUT2D eigenvalue weighted by molar-refractivity contribution is -0.115. The summed E-state index contributed by atoms with van der Waals surface area (Å²) >= 11 is 4.96. The SMILES string of the molecule is Cl.O=C(CNCC1CC1)Nc1ncc(Cc2ccc(Br)cc2)s1. The summed E-state index contributed by atoms with van der Waals surface area (Å²) in [6.07, 6.45) is 5.25. The third-order valence-electron chi connectivity index (χ3n) is 3.51. The van der Waals surface area contributed by atoms with Crippen LogP contribution in [0.4, 0.5) is 5.13 Å². The fraction of sp³-hybridized carbons (Fsp3) is 0.375. The van der Waals surface area contributed by atoms with Crippen molar-refractivity contribution in [1.29, 1.82) is 0 Å². The van der Waals surface area contributed by atoms with E-state index in [0.717, 1.165) is 28.2 Å². The Balaban J connectivity index is 0.00000192. The minimum atomic E-state index is -0.0230. The number of halogens is 2. The molecule has 3 rings (SSSR count). The van der Waals surface area contributed by atoms with Crippen LogP contribution >= 0.6 is 39.7 Å². The number of benzene rings is 1. The van der Waals surface area contributed by atoms with Crippen molar-refractivity contribution in [2.24, 2.45) is 5.92 Å². The van der Waals surface area contributed by atoms with Gasteiger partial charge in [-0.2, -0.15) is 0 Å². The molecule has 1 amide bonds. The smallest absolute Gasteiger partial charge is 0.240 e. The van der Waals surface area contributed by atoms with Gasteiger partial charge in [-0.3, -0.25) is 4.79 Å². The number of nitrogens with one attached hydrogen (secondary N) is 2. The molecule has 0 bridgehead atoms. The molecule has 0 aliphatic heterocycles. The Hall–Kier alpha value is -0.950. The molecule has 4 nitrogen and oxygen atoms in total. The van der Waals surface area contributed by atoms with Crippen LogP contribution in [0.1, 0.15) is 23.3 Å². The monoisotopic (exact) mass is 415 g/mol. The van der Waals surface area contributed by atoms with Gasteiger partial charge in [0.15, 0.2) is 5.13 Å². The molecule has 1 aliphatic rings. The summed E-state index contributed by atoms with van der Waals surface area (Å²) in [7, 11) is 0.